The zero-order chi connectivity index (χ0) is 24.5. The van der Waals surface area contributed by atoms with Crippen LogP contribution in [0.3, 0.4) is 0 Å². The lowest BCUT2D eigenvalue weighted by atomic mass is 10.1. The minimum Gasteiger partial charge on any atom is -0.493 e. The number of ether oxygens (including phenoxy) is 2. The molecule has 3 rings (SSSR count). The fourth-order valence-corrected chi connectivity index (χ4v) is 3.31. The maximum absolute atomic E-state index is 12.5. The molecule has 174 valence electrons. The van der Waals surface area contributed by atoms with E-state index in [-0.39, 0.29) is 12.3 Å². The van der Waals surface area contributed by atoms with Crippen molar-refractivity contribution in [3.63, 3.8) is 0 Å². The minimum atomic E-state index is -0.888. The topological polar surface area (TPSA) is 106 Å². The lowest BCUT2D eigenvalue weighted by Crippen LogP contribution is -2.37. The largest absolute Gasteiger partial charge is 0.493 e. The van der Waals surface area contributed by atoms with E-state index in [1.165, 1.54) is 7.11 Å². The van der Waals surface area contributed by atoms with Crippen LogP contribution in [0.15, 0.2) is 82.4 Å². The summed E-state index contributed by atoms with van der Waals surface area (Å²) in [6.45, 7) is 1.89. The third-order valence-electron chi connectivity index (χ3n) is 4.71. The number of nitrogens with zero attached hydrogens (tertiary/aromatic N) is 1. The van der Waals surface area contributed by atoms with Gasteiger partial charge in [-0.2, -0.15) is 5.10 Å². The quantitative estimate of drug-likeness (QED) is 0.161. The highest BCUT2D eigenvalue weighted by Gasteiger charge is 2.16. The first-order chi connectivity index (χ1) is 16.4. The Bertz CT molecular complexity index is 1230. The number of amides is 2. The van der Waals surface area contributed by atoms with Crippen molar-refractivity contribution in [3.05, 3.63) is 94.0 Å². The maximum atomic E-state index is 12.5. The average Bonchev–Trinajstić information content (AvgIpc) is 2.86. The van der Waals surface area contributed by atoms with Crippen molar-refractivity contribution in [2.45, 2.75) is 13.5 Å². The fourth-order valence-electron chi connectivity index (χ4n) is 2.87. The number of nitrogens with one attached hydrogen (secondary N) is 2. The number of hydrogen-bond donors (Lipinski definition) is 2. The van der Waals surface area contributed by atoms with Crippen LogP contribution in [0, 0.1) is 0 Å². The molecule has 0 heterocycles. The number of rotatable bonds is 7. The number of halogens is 1. The molecule has 0 aliphatic heterocycles. The van der Waals surface area contributed by atoms with E-state index in [0.29, 0.717) is 27.1 Å². The lowest BCUT2D eigenvalue weighted by Gasteiger charge is -2.12. The van der Waals surface area contributed by atoms with Crippen molar-refractivity contribution in [2.75, 3.05) is 7.11 Å². The predicted octanol–water partition coefficient (Wildman–Crippen LogP) is 3.83. The van der Waals surface area contributed by atoms with Crippen molar-refractivity contribution < 1.29 is 23.9 Å². The molecule has 34 heavy (non-hydrogen) atoms. The van der Waals surface area contributed by atoms with Crippen LogP contribution in [0.25, 0.3) is 0 Å². The highest BCUT2D eigenvalue weighted by Crippen LogP contribution is 2.30. The van der Waals surface area contributed by atoms with Gasteiger partial charge in [0.2, 0.25) is 0 Å². The van der Waals surface area contributed by atoms with Crippen molar-refractivity contribution in [3.8, 4) is 11.5 Å². The number of methoxy groups -OCH3 is 1. The number of hydrogen-bond acceptors (Lipinski definition) is 6. The Balaban J connectivity index is 1.63. The van der Waals surface area contributed by atoms with Crippen molar-refractivity contribution in [1.82, 2.24) is 10.7 Å². The number of carbonyl (C=O) groups is 3. The summed E-state index contributed by atoms with van der Waals surface area (Å²) in [6, 6.07) is 21.0. The molecule has 0 saturated carbocycles. The summed E-state index contributed by atoms with van der Waals surface area (Å²) in [4.78, 5) is 36.5. The summed E-state index contributed by atoms with van der Waals surface area (Å²) in [6.07, 6.45) is 0. The van der Waals surface area contributed by atoms with E-state index in [2.05, 4.69) is 31.8 Å². The van der Waals surface area contributed by atoms with Gasteiger partial charge in [0.25, 0.3) is 0 Å². The SMILES string of the molecule is COc1cc(/C(C)=N/NC(=O)C(=O)NCc2ccccc2)ccc1OC(=O)c1ccccc1Br. The molecule has 3 aromatic rings. The molecule has 3 aromatic carbocycles. The molecular weight excluding hydrogens is 502 g/mol. The fraction of sp³-hybridized carbons (Fsp3) is 0.120. The van der Waals surface area contributed by atoms with Crippen LogP contribution in [0.4, 0.5) is 0 Å². The minimum absolute atomic E-state index is 0.226. The van der Waals surface area contributed by atoms with Gasteiger partial charge >= 0.3 is 17.8 Å². The van der Waals surface area contributed by atoms with Crippen molar-refractivity contribution in [2.24, 2.45) is 5.10 Å². The first kappa shape index (κ1) is 24.7. The first-order valence-electron chi connectivity index (χ1n) is 10.2. The van der Waals surface area contributed by atoms with Crippen LogP contribution in [-0.4, -0.2) is 30.6 Å². The summed E-state index contributed by atoms with van der Waals surface area (Å²) < 4.78 is 11.4. The molecule has 0 fully saturated rings. The van der Waals surface area contributed by atoms with Gasteiger partial charge in [-0.3, -0.25) is 9.59 Å². The Labute approximate surface area is 205 Å². The van der Waals surface area contributed by atoms with Crippen LogP contribution in [0.5, 0.6) is 11.5 Å². The van der Waals surface area contributed by atoms with Crippen molar-refractivity contribution in [1.29, 1.82) is 0 Å². The summed E-state index contributed by atoms with van der Waals surface area (Å²) in [5.41, 5.74) is 4.50. The molecule has 0 saturated heterocycles. The van der Waals surface area contributed by atoms with Gasteiger partial charge in [-0.25, -0.2) is 10.2 Å². The van der Waals surface area contributed by atoms with Gasteiger partial charge in [-0.05, 0) is 58.7 Å². The summed E-state index contributed by atoms with van der Waals surface area (Å²) >= 11 is 3.33. The molecule has 0 aliphatic rings. The standard InChI is InChI=1S/C25H22BrN3O5/c1-16(28-29-24(31)23(30)27-15-17-8-4-3-5-9-17)18-12-13-21(22(14-18)33-2)34-25(32)19-10-6-7-11-20(19)26/h3-14H,15H2,1-2H3,(H,27,30)(H,29,31)/b28-16+. The zero-order valence-electron chi connectivity index (χ0n) is 18.5. The highest BCUT2D eigenvalue weighted by atomic mass is 79.9. The van der Waals surface area contributed by atoms with E-state index < -0.39 is 17.8 Å². The molecule has 0 aromatic heterocycles. The van der Waals surface area contributed by atoms with Crippen LogP contribution < -0.4 is 20.2 Å². The highest BCUT2D eigenvalue weighted by molar-refractivity contribution is 9.10. The lowest BCUT2D eigenvalue weighted by molar-refractivity contribution is -0.139. The average molecular weight is 524 g/mol. The molecule has 2 N–H and O–H groups in total. The smallest absolute Gasteiger partial charge is 0.344 e. The van der Waals surface area contributed by atoms with Gasteiger partial charge < -0.3 is 14.8 Å². The van der Waals surface area contributed by atoms with Gasteiger partial charge in [-0.1, -0.05) is 42.5 Å². The maximum Gasteiger partial charge on any atom is 0.344 e. The van der Waals surface area contributed by atoms with Crippen molar-refractivity contribution >= 4 is 39.4 Å². The number of hydrazone groups is 1. The molecular formula is C25H22BrN3O5. The Morgan fingerprint density at radius 3 is 2.32 bits per heavy atom. The second-order valence-electron chi connectivity index (χ2n) is 7.04. The second-order valence-corrected chi connectivity index (χ2v) is 7.90. The van der Waals surface area contributed by atoms with Gasteiger partial charge in [0.05, 0.1) is 18.4 Å². The van der Waals surface area contributed by atoms with Crippen LogP contribution in [0.1, 0.15) is 28.4 Å². The second kappa shape index (κ2) is 11.8. The van der Waals surface area contributed by atoms with Gasteiger partial charge in [0.15, 0.2) is 11.5 Å². The summed E-state index contributed by atoms with van der Waals surface area (Å²) in [5.74, 6) is -1.70. The monoisotopic (exact) mass is 523 g/mol. The van der Waals surface area contributed by atoms with Crippen LogP contribution in [-0.2, 0) is 16.1 Å². The van der Waals surface area contributed by atoms with Crippen LogP contribution in [0.2, 0.25) is 0 Å². The van der Waals surface area contributed by atoms with E-state index >= 15 is 0 Å². The van der Waals surface area contributed by atoms with Gasteiger partial charge in [0, 0.05) is 16.6 Å². The number of esters is 1. The van der Waals surface area contributed by atoms with E-state index in [1.807, 2.05) is 30.3 Å². The predicted molar refractivity (Wildman–Crippen MR) is 131 cm³/mol. The number of benzene rings is 3. The molecule has 2 amide bonds. The molecule has 0 unspecified atom stereocenters. The Morgan fingerprint density at radius 1 is 0.912 bits per heavy atom. The molecule has 0 aliphatic carbocycles. The molecule has 8 nitrogen and oxygen atoms in total. The molecule has 0 bridgehead atoms. The van der Waals surface area contributed by atoms with E-state index in [9.17, 15) is 14.4 Å². The van der Waals surface area contributed by atoms with E-state index in [0.717, 1.165) is 5.56 Å². The molecule has 0 radical (unpaired) electrons. The zero-order valence-corrected chi connectivity index (χ0v) is 20.1. The third kappa shape index (κ3) is 6.52. The van der Waals surface area contributed by atoms with E-state index in [4.69, 9.17) is 9.47 Å². The first-order valence-corrected chi connectivity index (χ1v) is 11.0. The molecule has 0 spiro atoms. The Kier molecular flexibility index (Phi) is 8.53. The van der Waals surface area contributed by atoms with Gasteiger partial charge in [0.1, 0.15) is 0 Å². The summed E-state index contributed by atoms with van der Waals surface area (Å²) in [5, 5.41) is 6.51. The van der Waals surface area contributed by atoms with Gasteiger partial charge in [-0.15, -0.1) is 0 Å². The summed E-state index contributed by atoms with van der Waals surface area (Å²) in [7, 11) is 1.44. The van der Waals surface area contributed by atoms with E-state index in [1.54, 1.807) is 49.4 Å². The normalized spacial score (nSPS) is 10.9. The molecule has 0 atom stereocenters. The Morgan fingerprint density at radius 2 is 1.62 bits per heavy atom. The number of carbonyl (C=O) groups excluding carboxylic acids is 3. The Hall–Kier alpha value is -3.98. The van der Waals surface area contributed by atoms with Crippen LogP contribution >= 0.6 is 15.9 Å². The third-order valence-corrected chi connectivity index (χ3v) is 5.40. The molecule has 9 heteroatoms.